The predicted molar refractivity (Wildman–Crippen MR) is 99.2 cm³/mol. The van der Waals surface area contributed by atoms with Gasteiger partial charge in [-0.05, 0) is 0 Å². The monoisotopic (exact) mass is 421 g/mol. The number of phenols is 2. The van der Waals surface area contributed by atoms with Gasteiger partial charge in [-0.25, -0.2) is 10.2 Å². The summed E-state index contributed by atoms with van der Waals surface area (Å²) in [5.74, 6) is 0.0796. The molecule has 2 rings (SSSR count). The Kier molecular flexibility index (Phi) is 13.5. The van der Waals surface area contributed by atoms with Crippen molar-refractivity contribution in [2.75, 3.05) is 0 Å². The predicted octanol–water partition coefficient (Wildman–Crippen LogP) is 4.01. The van der Waals surface area contributed by atoms with Crippen LogP contribution in [0.25, 0.3) is 0 Å². The number of benzene rings is 1. The maximum Gasteiger partial charge on any atom is 2.00 e. The molecule has 0 amide bonds. The maximum atomic E-state index is 9.80. The van der Waals surface area contributed by atoms with E-state index in [1.165, 1.54) is 6.20 Å². The van der Waals surface area contributed by atoms with Gasteiger partial charge in [0.05, 0.1) is 0 Å². The molecule has 0 radical (unpaired) electrons. The molecule has 0 bridgehead atoms. The Morgan fingerprint density at radius 2 is 1.32 bits per heavy atom. The van der Waals surface area contributed by atoms with Gasteiger partial charge in [0.2, 0.25) is 0 Å². The van der Waals surface area contributed by atoms with Gasteiger partial charge in [-0.15, -0.1) is 42.1 Å². The number of rotatable bonds is 0. The molecule has 1 aromatic heterocycles. The first kappa shape index (κ1) is 28.9. The largest absolute Gasteiger partial charge is 2.00 e. The molecule has 1 heterocycles. The Morgan fingerprint density at radius 1 is 0.880 bits per heavy atom. The first-order valence-corrected chi connectivity index (χ1v) is 7.03. The third-order valence-electron chi connectivity index (χ3n) is 3.02. The van der Waals surface area contributed by atoms with Gasteiger partial charge in [-0.3, -0.25) is 0 Å². The van der Waals surface area contributed by atoms with Crippen molar-refractivity contribution in [1.29, 1.82) is 0 Å². The zero-order valence-corrected chi connectivity index (χ0v) is 18.5. The molecule has 0 aliphatic rings. The van der Waals surface area contributed by atoms with Gasteiger partial charge in [0.25, 0.3) is 0 Å². The molecule has 0 fully saturated rings. The Morgan fingerprint density at radius 3 is 1.52 bits per heavy atom. The number of aromatic nitrogens is 3. The van der Waals surface area contributed by atoms with E-state index < -0.39 is 0 Å². The second kappa shape index (κ2) is 11.7. The number of phenolic OH excluding ortho intramolecular Hbond substituents is 2. The van der Waals surface area contributed by atoms with E-state index in [1.54, 1.807) is 6.07 Å². The summed E-state index contributed by atoms with van der Waals surface area (Å²) in [5, 5.41) is 29.5. The second-order valence-corrected chi connectivity index (χ2v) is 7.04. The SMILES string of the molecule is CC(C)(C)c1cc(C(C)(C)C)c(O)[c-]c1O.Cl.Cl.[Ti+2].[c-]1ccnnn1. The van der Waals surface area contributed by atoms with Crippen molar-refractivity contribution in [3.05, 3.63) is 41.7 Å². The van der Waals surface area contributed by atoms with Crippen molar-refractivity contribution < 1.29 is 31.9 Å². The van der Waals surface area contributed by atoms with Crippen molar-refractivity contribution >= 4 is 24.8 Å². The minimum Gasteiger partial charge on any atom is -0.533 e. The van der Waals surface area contributed by atoms with Gasteiger partial charge in [-0.2, -0.15) is 12.1 Å². The van der Waals surface area contributed by atoms with Crippen LogP contribution in [-0.2, 0) is 32.5 Å². The van der Waals surface area contributed by atoms with E-state index in [-0.39, 0.29) is 68.9 Å². The quantitative estimate of drug-likeness (QED) is 0.496. The van der Waals surface area contributed by atoms with Crippen LogP contribution in [0, 0.1) is 12.3 Å². The molecule has 2 N–H and O–H groups in total. The molecule has 0 spiro atoms. The molecule has 0 saturated heterocycles. The summed E-state index contributed by atoms with van der Waals surface area (Å²) in [6.07, 6.45) is 3.99. The molecule has 8 heteroatoms. The summed E-state index contributed by atoms with van der Waals surface area (Å²) in [5.41, 5.74) is 1.31. The molecule has 25 heavy (non-hydrogen) atoms. The van der Waals surface area contributed by atoms with Crippen LogP contribution >= 0.6 is 24.8 Å². The van der Waals surface area contributed by atoms with E-state index in [2.05, 4.69) is 27.7 Å². The van der Waals surface area contributed by atoms with E-state index in [0.717, 1.165) is 11.1 Å². The normalized spacial score (nSPS) is 10.2. The summed E-state index contributed by atoms with van der Waals surface area (Å²) < 4.78 is 0. The minimum absolute atomic E-state index is 0. The van der Waals surface area contributed by atoms with E-state index >= 15 is 0 Å². The fraction of sp³-hybridized carbons (Fsp3) is 0.471. The summed E-state index contributed by atoms with van der Waals surface area (Å²) in [7, 11) is 0. The Bertz CT molecular complexity index is 554. The van der Waals surface area contributed by atoms with Crippen molar-refractivity contribution in [3.63, 3.8) is 0 Å². The number of aromatic hydroxyl groups is 2. The summed E-state index contributed by atoms with van der Waals surface area (Å²) in [4.78, 5) is 0. The standard InChI is InChI=1S/C14H21O2.C3H2N3.2ClH.Ti/c1-13(2,3)9-7-10(14(4,5)6)12(16)8-11(9)15;1-2-4-6-5-3-1;;;/h7,15-16H,1-6H3;1-2H;2*1H;/q2*-1;;;+2. The Hall–Kier alpha value is -0.876. The van der Waals surface area contributed by atoms with E-state index in [4.69, 9.17) is 0 Å². The molecule has 0 atom stereocenters. The van der Waals surface area contributed by atoms with E-state index in [1.807, 2.05) is 47.6 Å². The summed E-state index contributed by atoms with van der Waals surface area (Å²) >= 11 is 0. The summed E-state index contributed by atoms with van der Waals surface area (Å²) in [6.45, 7) is 12.2. The van der Waals surface area contributed by atoms with Gasteiger partial charge >= 0.3 is 21.7 Å². The molecule has 0 aliphatic heterocycles. The van der Waals surface area contributed by atoms with Crippen LogP contribution < -0.4 is 0 Å². The van der Waals surface area contributed by atoms with Crippen LogP contribution in [0.3, 0.4) is 0 Å². The van der Waals surface area contributed by atoms with Crippen LogP contribution in [0.15, 0.2) is 18.3 Å². The van der Waals surface area contributed by atoms with Crippen LogP contribution in [0.4, 0.5) is 0 Å². The number of halogens is 2. The van der Waals surface area contributed by atoms with Crippen molar-refractivity contribution in [3.8, 4) is 11.5 Å². The van der Waals surface area contributed by atoms with E-state index in [9.17, 15) is 10.2 Å². The fourth-order valence-corrected chi connectivity index (χ4v) is 1.85. The first-order chi connectivity index (χ1) is 10.0. The third-order valence-corrected chi connectivity index (χ3v) is 3.02. The number of hydrogen-bond donors (Lipinski definition) is 2. The molecular weight excluding hydrogens is 397 g/mol. The van der Waals surface area contributed by atoms with Gasteiger partial charge in [0.1, 0.15) is 0 Å². The maximum absolute atomic E-state index is 9.80. The minimum atomic E-state index is -0.158. The molecule has 138 valence electrons. The zero-order valence-electron chi connectivity index (χ0n) is 15.3. The average Bonchev–Trinajstić information content (AvgIpc) is 2.38. The molecular formula is C17H25Cl2N3O2Ti. The van der Waals surface area contributed by atoms with Crippen LogP contribution in [0.2, 0.25) is 0 Å². The molecule has 0 saturated carbocycles. The van der Waals surface area contributed by atoms with Crippen molar-refractivity contribution in [2.24, 2.45) is 0 Å². The molecule has 5 nitrogen and oxygen atoms in total. The first-order valence-electron chi connectivity index (χ1n) is 7.03. The zero-order chi connectivity index (χ0) is 17.0. The topological polar surface area (TPSA) is 79.1 Å². The third kappa shape index (κ3) is 9.40. The van der Waals surface area contributed by atoms with Gasteiger partial charge in [0.15, 0.2) is 0 Å². The van der Waals surface area contributed by atoms with Gasteiger partial charge in [0, 0.05) is 11.5 Å². The fourth-order valence-electron chi connectivity index (χ4n) is 1.85. The van der Waals surface area contributed by atoms with Crippen LogP contribution in [0.5, 0.6) is 11.5 Å². The molecule has 1 aromatic carbocycles. The Balaban J connectivity index is -0.000000461. The van der Waals surface area contributed by atoms with Gasteiger partial charge in [-0.1, -0.05) is 69.8 Å². The molecule has 0 aliphatic carbocycles. The van der Waals surface area contributed by atoms with Crippen molar-refractivity contribution in [2.45, 2.75) is 52.4 Å². The Labute approximate surface area is 177 Å². The second-order valence-electron chi connectivity index (χ2n) is 7.04. The smallest absolute Gasteiger partial charge is 0.533 e. The number of hydrogen-bond acceptors (Lipinski definition) is 5. The molecule has 0 unspecified atom stereocenters. The summed E-state index contributed by atoms with van der Waals surface area (Å²) in [6, 6.07) is 6.10. The van der Waals surface area contributed by atoms with E-state index in [0.29, 0.717) is 0 Å². The number of nitrogens with zero attached hydrogens (tertiary/aromatic N) is 3. The molecule has 2 aromatic rings. The van der Waals surface area contributed by atoms with Crippen molar-refractivity contribution in [1.82, 2.24) is 15.4 Å². The average molecular weight is 422 g/mol. The van der Waals surface area contributed by atoms with Crippen LogP contribution in [0.1, 0.15) is 52.7 Å². The van der Waals surface area contributed by atoms with Gasteiger partial charge < -0.3 is 10.2 Å². The van der Waals surface area contributed by atoms with Crippen LogP contribution in [-0.4, -0.2) is 25.6 Å².